The van der Waals surface area contributed by atoms with Gasteiger partial charge >= 0.3 is 0 Å². The first-order valence-corrected chi connectivity index (χ1v) is 7.23. The fraction of sp³-hybridized carbons (Fsp3) is 0.0833. The molecule has 0 radical (unpaired) electrons. The van der Waals surface area contributed by atoms with Crippen molar-refractivity contribution >= 4 is 22.1 Å². The van der Waals surface area contributed by atoms with Crippen LogP contribution < -0.4 is 4.72 Å². The number of sulfonamides is 1. The minimum Gasteiger partial charge on any atom is -0.298 e. The molecule has 2 aromatic rings. The van der Waals surface area contributed by atoms with Crippen molar-refractivity contribution < 1.29 is 13.2 Å². The van der Waals surface area contributed by atoms with Crippen LogP contribution in [0.1, 0.15) is 10.4 Å². The molecule has 0 fully saturated rings. The van der Waals surface area contributed by atoms with Crippen molar-refractivity contribution in [2.45, 2.75) is 0 Å². The van der Waals surface area contributed by atoms with Crippen LogP contribution in [-0.2, 0) is 10.0 Å². The van der Waals surface area contributed by atoms with E-state index >= 15 is 0 Å². The number of aromatic nitrogens is 2. The Labute approximate surface area is 110 Å². The SMILES string of the molecule is CS(=O)(=O)Nc1nccnc1-c1ccc(C=O)cc1. The highest BCUT2D eigenvalue weighted by Gasteiger charge is 2.11. The number of hydrogen-bond donors (Lipinski definition) is 1. The molecular formula is C12H11N3O3S. The molecule has 0 aliphatic heterocycles. The maximum atomic E-state index is 11.3. The summed E-state index contributed by atoms with van der Waals surface area (Å²) >= 11 is 0. The smallest absolute Gasteiger partial charge is 0.231 e. The summed E-state index contributed by atoms with van der Waals surface area (Å²) in [4.78, 5) is 18.7. The third kappa shape index (κ3) is 3.35. The Kier molecular flexibility index (Phi) is 3.57. The number of anilines is 1. The minimum absolute atomic E-state index is 0.156. The Balaban J connectivity index is 2.46. The van der Waals surface area contributed by atoms with Crippen LogP contribution in [0.3, 0.4) is 0 Å². The molecule has 0 aliphatic rings. The number of nitrogens with one attached hydrogen (secondary N) is 1. The van der Waals surface area contributed by atoms with Crippen molar-refractivity contribution in [2.24, 2.45) is 0 Å². The summed E-state index contributed by atoms with van der Waals surface area (Å²) in [5, 5.41) is 0. The van der Waals surface area contributed by atoms with Crippen LogP contribution in [0.4, 0.5) is 5.82 Å². The van der Waals surface area contributed by atoms with Gasteiger partial charge in [-0.25, -0.2) is 13.4 Å². The summed E-state index contributed by atoms with van der Waals surface area (Å²) in [6.45, 7) is 0. The average Bonchev–Trinajstić information content (AvgIpc) is 2.38. The summed E-state index contributed by atoms with van der Waals surface area (Å²) in [7, 11) is -3.43. The van der Waals surface area contributed by atoms with Crippen LogP contribution in [-0.4, -0.2) is 30.9 Å². The van der Waals surface area contributed by atoms with Crippen LogP contribution in [0.15, 0.2) is 36.7 Å². The molecule has 19 heavy (non-hydrogen) atoms. The Morgan fingerprint density at radius 1 is 1.11 bits per heavy atom. The fourth-order valence-corrected chi connectivity index (χ4v) is 2.02. The van der Waals surface area contributed by atoms with Gasteiger partial charge in [0.15, 0.2) is 5.82 Å². The predicted molar refractivity (Wildman–Crippen MR) is 71.3 cm³/mol. The van der Waals surface area contributed by atoms with Gasteiger partial charge in [0.2, 0.25) is 10.0 Å². The zero-order valence-electron chi connectivity index (χ0n) is 10.1. The summed E-state index contributed by atoms with van der Waals surface area (Å²) in [6, 6.07) is 6.62. The van der Waals surface area contributed by atoms with E-state index in [1.807, 2.05) is 0 Å². The van der Waals surface area contributed by atoms with E-state index < -0.39 is 10.0 Å². The number of carbonyl (C=O) groups excluding carboxylic acids is 1. The second kappa shape index (κ2) is 5.15. The predicted octanol–water partition coefficient (Wildman–Crippen LogP) is 1.33. The monoisotopic (exact) mass is 277 g/mol. The third-order valence-corrected chi connectivity index (χ3v) is 2.86. The zero-order chi connectivity index (χ0) is 13.9. The Bertz CT molecular complexity index is 696. The standard InChI is InChI=1S/C12H11N3O3S/c1-19(17,18)15-12-11(13-6-7-14-12)10-4-2-9(8-16)3-5-10/h2-8H,1H3,(H,14,15). The number of hydrogen-bond acceptors (Lipinski definition) is 5. The fourth-order valence-electron chi connectivity index (χ4n) is 1.52. The van der Waals surface area contributed by atoms with Gasteiger partial charge in [-0.15, -0.1) is 0 Å². The molecule has 6 nitrogen and oxygen atoms in total. The quantitative estimate of drug-likeness (QED) is 0.851. The molecule has 0 atom stereocenters. The van der Waals surface area contributed by atoms with E-state index in [0.29, 0.717) is 16.8 Å². The van der Waals surface area contributed by atoms with Crippen molar-refractivity contribution in [2.75, 3.05) is 11.0 Å². The van der Waals surface area contributed by atoms with E-state index in [1.165, 1.54) is 12.4 Å². The Hall–Kier alpha value is -2.28. The van der Waals surface area contributed by atoms with Crippen molar-refractivity contribution in [1.29, 1.82) is 0 Å². The van der Waals surface area contributed by atoms with E-state index in [4.69, 9.17) is 0 Å². The van der Waals surface area contributed by atoms with Gasteiger partial charge in [0.1, 0.15) is 12.0 Å². The Morgan fingerprint density at radius 2 is 1.74 bits per heavy atom. The number of aldehydes is 1. The van der Waals surface area contributed by atoms with Crippen molar-refractivity contribution in [3.63, 3.8) is 0 Å². The minimum atomic E-state index is -3.43. The van der Waals surface area contributed by atoms with E-state index in [9.17, 15) is 13.2 Å². The number of carbonyl (C=O) groups is 1. The maximum Gasteiger partial charge on any atom is 0.231 e. The molecule has 0 bridgehead atoms. The van der Waals surface area contributed by atoms with E-state index in [-0.39, 0.29) is 5.82 Å². The number of nitrogens with zero attached hydrogens (tertiary/aromatic N) is 2. The molecule has 0 unspecified atom stereocenters. The molecule has 1 aromatic heterocycles. The van der Waals surface area contributed by atoms with Gasteiger partial charge in [-0.05, 0) is 0 Å². The number of rotatable bonds is 4. The van der Waals surface area contributed by atoms with Crippen LogP contribution >= 0.6 is 0 Å². The molecule has 7 heteroatoms. The van der Waals surface area contributed by atoms with Gasteiger partial charge in [-0.2, -0.15) is 0 Å². The molecule has 2 rings (SSSR count). The molecule has 98 valence electrons. The molecule has 1 heterocycles. The van der Waals surface area contributed by atoms with Crippen molar-refractivity contribution in [3.05, 3.63) is 42.2 Å². The highest BCUT2D eigenvalue weighted by atomic mass is 32.2. The Morgan fingerprint density at radius 3 is 2.32 bits per heavy atom. The lowest BCUT2D eigenvalue weighted by Crippen LogP contribution is -2.12. The van der Waals surface area contributed by atoms with E-state index in [1.54, 1.807) is 24.3 Å². The normalized spacial score (nSPS) is 11.0. The first kappa shape index (κ1) is 13.2. The van der Waals surface area contributed by atoms with Crippen LogP contribution in [0, 0.1) is 0 Å². The summed E-state index contributed by atoms with van der Waals surface area (Å²) in [5.74, 6) is 0.156. The first-order valence-electron chi connectivity index (χ1n) is 5.34. The van der Waals surface area contributed by atoms with Gasteiger partial charge in [0.05, 0.1) is 6.26 Å². The summed E-state index contributed by atoms with van der Waals surface area (Å²) in [5.41, 5.74) is 1.61. The molecule has 1 aromatic carbocycles. The van der Waals surface area contributed by atoms with Gasteiger partial charge in [0, 0.05) is 23.5 Å². The lowest BCUT2D eigenvalue weighted by molar-refractivity contribution is 0.112. The molecule has 0 saturated carbocycles. The second-order valence-corrected chi connectivity index (χ2v) is 5.62. The zero-order valence-corrected chi connectivity index (χ0v) is 10.9. The lowest BCUT2D eigenvalue weighted by atomic mass is 10.1. The van der Waals surface area contributed by atoms with Gasteiger partial charge in [0.25, 0.3) is 0 Å². The largest absolute Gasteiger partial charge is 0.298 e. The highest BCUT2D eigenvalue weighted by Crippen LogP contribution is 2.24. The van der Waals surface area contributed by atoms with Crippen molar-refractivity contribution in [3.8, 4) is 11.3 Å². The van der Waals surface area contributed by atoms with Crippen molar-refractivity contribution in [1.82, 2.24) is 9.97 Å². The maximum absolute atomic E-state index is 11.3. The molecule has 1 N–H and O–H groups in total. The summed E-state index contributed by atoms with van der Waals surface area (Å²) < 4.78 is 24.8. The average molecular weight is 277 g/mol. The summed E-state index contributed by atoms with van der Waals surface area (Å²) in [6.07, 6.45) is 4.64. The third-order valence-electron chi connectivity index (χ3n) is 2.30. The topological polar surface area (TPSA) is 89.0 Å². The van der Waals surface area contributed by atoms with Gasteiger partial charge < -0.3 is 0 Å². The molecule has 0 amide bonds. The van der Waals surface area contributed by atoms with Gasteiger partial charge in [-0.1, -0.05) is 24.3 Å². The lowest BCUT2D eigenvalue weighted by Gasteiger charge is -2.08. The highest BCUT2D eigenvalue weighted by molar-refractivity contribution is 7.92. The van der Waals surface area contributed by atoms with E-state index in [0.717, 1.165) is 12.5 Å². The van der Waals surface area contributed by atoms with Crippen LogP contribution in [0.2, 0.25) is 0 Å². The molecule has 0 aliphatic carbocycles. The van der Waals surface area contributed by atoms with Crippen LogP contribution in [0.5, 0.6) is 0 Å². The number of benzene rings is 1. The molecule has 0 saturated heterocycles. The van der Waals surface area contributed by atoms with Gasteiger partial charge in [-0.3, -0.25) is 14.5 Å². The van der Waals surface area contributed by atoms with Crippen LogP contribution in [0.25, 0.3) is 11.3 Å². The second-order valence-electron chi connectivity index (χ2n) is 3.87. The first-order chi connectivity index (χ1) is 8.99. The molecule has 0 spiro atoms. The molecular weight excluding hydrogens is 266 g/mol. The van der Waals surface area contributed by atoms with E-state index in [2.05, 4.69) is 14.7 Å².